The molecule has 0 aromatic heterocycles. The second-order valence-electron chi connectivity index (χ2n) is 5.48. The summed E-state index contributed by atoms with van der Waals surface area (Å²) >= 11 is 0. The topological polar surface area (TPSA) is 32.8 Å². The van der Waals surface area contributed by atoms with Crippen molar-refractivity contribution in [1.29, 1.82) is 0 Å². The fourth-order valence-corrected chi connectivity index (χ4v) is 2.72. The maximum absolute atomic E-state index is 12.7. The zero-order valence-corrected chi connectivity index (χ0v) is 12.9. The maximum atomic E-state index is 12.7. The van der Waals surface area contributed by atoms with E-state index in [-0.39, 0.29) is 6.03 Å². The molecule has 1 heterocycles. The van der Waals surface area contributed by atoms with Gasteiger partial charge in [0.25, 0.3) is 0 Å². The minimum Gasteiger partial charge on any atom is -0.497 e. The zero-order chi connectivity index (χ0) is 15.2. The first kappa shape index (κ1) is 15.4. The first-order chi connectivity index (χ1) is 10.2. The molecule has 0 N–H and O–H groups in total. The first-order valence-electron chi connectivity index (χ1n) is 7.45. The van der Waals surface area contributed by atoms with Crippen LogP contribution in [-0.2, 0) is 6.54 Å². The van der Waals surface area contributed by atoms with Crippen LogP contribution >= 0.6 is 0 Å². The number of amides is 2. The van der Waals surface area contributed by atoms with Crippen LogP contribution in [0, 0.1) is 0 Å². The molecule has 2 rings (SSSR count). The second-order valence-corrected chi connectivity index (χ2v) is 5.48. The highest BCUT2D eigenvalue weighted by molar-refractivity contribution is 5.75. The lowest BCUT2D eigenvalue weighted by molar-refractivity contribution is 0.153. The molecule has 0 spiro atoms. The van der Waals surface area contributed by atoms with Gasteiger partial charge in [0, 0.05) is 25.7 Å². The summed E-state index contributed by atoms with van der Waals surface area (Å²) < 4.78 is 5.16. The summed E-state index contributed by atoms with van der Waals surface area (Å²) in [5, 5.41) is 0. The number of urea groups is 1. The molecule has 21 heavy (non-hydrogen) atoms. The number of likely N-dealkylation sites (tertiary alicyclic amines) is 1. The smallest absolute Gasteiger partial charge is 0.320 e. The van der Waals surface area contributed by atoms with Crippen molar-refractivity contribution in [2.75, 3.05) is 20.2 Å². The van der Waals surface area contributed by atoms with Gasteiger partial charge in [-0.3, -0.25) is 0 Å². The van der Waals surface area contributed by atoms with Crippen molar-refractivity contribution in [3.63, 3.8) is 0 Å². The predicted octanol–water partition coefficient (Wildman–Crippen LogP) is 3.29. The number of ether oxygens (including phenoxy) is 1. The van der Waals surface area contributed by atoms with E-state index in [0.717, 1.165) is 30.7 Å². The molecular weight excluding hydrogens is 264 g/mol. The van der Waals surface area contributed by atoms with Crippen LogP contribution in [0.1, 0.15) is 25.3 Å². The molecule has 2 amide bonds. The van der Waals surface area contributed by atoms with Gasteiger partial charge in [-0.25, -0.2) is 4.79 Å². The summed E-state index contributed by atoms with van der Waals surface area (Å²) in [7, 11) is 1.65. The summed E-state index contributed by atoms with van der Waals surface area (Å²) in [6.45, 7) is 7.90. The summed E-state index contributed by atoms with van der Waals surface area (Å²) in [4.78, 5) is 16.5. The third-order valence-electron chi connectivity index (χ3n) is 3.95. The van der Waals surface area contributed by atoms with Crippen molar-refractivity contribution in [2.24, 2.45) is 0 Å². The van der Waals surface area contributed by atoms with Crippen LogP contribution in [0.5, 0.6) is 5.75 Å². The van der Waals surface area contributed by atoms with Crippen LogP contribution in [0.3, 0.4) is 0 Å². The van der Waals surface area contributed by atoms with Crippen molar-refractivity contribution in [3.8, 4) is 5.75 Å². The summed E-state index contributed by atoms with van der Waals surface area (Å²) in [6.07, 6.45) is 3.97. The Kier molecular flexibility index (Phi) is 5.26. The molecule has 4 heteroatoms. The minimum atomic E-state index is 0.107. The van der Waals surface area contributed by atoms with Crippen LogP contribution in [0.15, 0.2) is 36.9 Å². The van der Waals surface area contributed by atoms with Crippen molar-refractivity contribution < 1.29 is 9.53 Å². The van der Waals surface area contributed by atoms with Crippen LogP contribution in [0.25, 0.3) is 0 Å². The van der Waals surface area contributed by atoms with Gasteiger partial charge in [0.05, 0.1) is 7.11 Å². The van der Waals surface area contributed by atoms with Gasteiger partial charge in [-0.05, 0) is 37.5 Å². The van der Waals surface area contributed by atoms with Gasteiger partial charge in [-0.1, -0.05) is 18.2 Å². The first-order valence-corrected chi connectivity index (χ1v) is 7.45. The Bertz CT molecular complexity index is 484. The van der Waals surface area contributed by atoms with E-state index in [1.807, 2.05) is 34.1 Å². The summed E-state index contributed by atoms with van der Waals surface area (Å²) in [6, 6.07) is 8.27. The number of hydrogen-bond donors (Lipinski definition) is 0. The summed E-state index contributed by atoms with van der Waals surface area (Å²) in [5.74, 6) is 0.827. The zero-order valence-electron chi connectivity index (χ0n) is 12.9. The van der Waals surface area contributed by atoms with Crippen molar-refractivity contribution in [3.05, 3.63) is 42.5 Å². The molecule has 1 atom stereocenters. The van der Waals surface area contributed by atoms with Gasteiger partial charge in [0.2, 0.25) is 0 Å². The van der Waals surface area contributed by atoms with Gasteiger partial charge in [0.15, 0.2) is 0 Å². The molecule has 1 aromatic carbocycles. The molecule has 4 nitrogen and oxygen atoms in total. The van der Waals surface area contributed by atoms with E-state index in [4.69, 9.17) is 4.74 Å². The molecule has 0 aliphatic carbocycles. The normalized spacial score (nSPS) is 17.6. The average molecular weight is 288 g/mol. The van der Waals surface area contributed by atoms with E-state index in [1.165, 1.54) is 0 Å². The lowest BCUT2D eigenvalue weighted by Crippen LogP contribution is -2.44. The fourth-order valence-electron chi connectivity index (χ4n) is 2.72. The Morgan fingerprint density at radius 1 is 1.48 bits per heavy atom. The largest absolute Gasteiger partial charge is 0.497 e. The van der Waals surface area contributed by atoms with Gasteiger partial charge in [-0.2, -0.15) is 0 Å². The molecule has 114 valence electrons. The quantitative estimate of drug-likeness (QED) is 0.779. The molecule has 1 aromatic rings. The van der Waals surface area contributed by atoms with Crippen LogP contribution in [0.4, 0.5) is 4.79 Å². The number of hydrogen-bond acceptors (Lipinski definition) is 2. The predicted molar refractivity (Wildman–Crippen MR) is 84.4 cm³/mol. The fraction of sp³-hybridized carbons (Fsp3) is 0.471. The Morgan fingerprint density at radius 3 is 2.71 bits per heavy atom. The third kappa shape index (κ3) is 3.78. The van der Waals surface area contributed by atoms with Gasteiger partial charge in [-0.15, -0.1) is 6.58 Å². The molecule has 0 radical (unpaired) electrons. The van der Waals surface area contributed by atoms with E-state index in [1.54, 1.807) is 13.2 Å². The molecule has 0 saturated carbocycles. The minimum absolute atomic E-state index is 0.107. The van der Waals surface area contributed by atoms with Crippen molar-refractivity contribution in [2.45, 2.75) is 32.4 Å². The second kappa shape index (κ2) is 7.16. The Balaban J connectivity index is 2.06. The molecule has 1 aliphatic rings. The van der Waals surface area contributed by atoms with Gasteiger partial charge < -0.3 is 14.5 Å². The number of carbonyl (C=O) groups excluding carboxylic acids is 1. The molecular formula is C17H24N2O2. The van der Waals surface area contributed by atoms with E-state index in [9.17, 15) is 4.79 Å². The maximum Gasteiger partial charge on any atom is 0.320 e. The van der Waals surface area contributed by atoms with E-state index < -0.39 is 0 Å². The highest BCUT2D eigenvalue weighted by Gasteiger charge is 2.28. The number of rotatable bonds is 5. The number of nitrogens with zero attached hydrogens (tertiary/aromatic N) is 2. The van der Waals surface area contributed by atoms with Crippen LogP contribution in [0.2, 0.25) is 0 Å². The Morgan fingerprint density at radius 2 is 2.19 bits per heavy atom. The highest BCUT2D eigenvalue weighted by Crippen LogP contribution is 2.20. The van der Waals surface area contributed by atoms with Crippen molar-refractivity contribution in [1.82, 2.24) is 9.80 Å². The molecule has 1 fully saturated rings. The number of benzene rings is 1. The standard InChI is InChI=1S/C17H24N2O2/c1-4-11-18(17(20)19-12-5-6-14(19)2)13-15-7-9-16(21-3)10-8-15/h4,7-10,14H,1,5-6,11-13H2,2-3H3. The lowest BCUT2D eigenvalue weighted by atomic mass is 10.2. The van der Waals surface area contributed by atoms with Gasteiger partial charge >= 0.3 is 6.03 Å². The van der Waals surface area contributed by atoms with Crippen LogP contribution < -0.4 is 4.74 Å². The molecule has 1 aliphatic heterocycles. The molecule has 1 saturated heterocycles. The Hall–Kier alpha value is -1.97. The monoisotopic (exact) mass is 288 g/mol. The summed E-state index contributed by atoms with van der Waals surface area (Å²) in [5.41, 5.74) is 1.10. The number of methoxy groups -OCH3 is 1. The van der Waals surface area contributed by atoms with Crippen LogP contribution in [-0.4, -0.2) is 42.1 Å². The van der Waals surface area contributed by atoms with Crippen molar-refractivity contribution >= 4 is 6.03 Å². The molecule has 1 unspecified atom stereocenters. The van der Waals surface area contributed by atoms with E-state index in [0.29, 0.717) is 19.1 Å². The SMILES string of the molecule is C=CCN(Cc1ccc(OC)cc1)C(=O)N1CCCC1C. The van der Waals surface area contributed by atoms with Gasteiger partial charge in [0.1, 0.15) is 5.75 Å². The average Bonchev–Trinajstić information content (AvgIpc) is 2.93. The number of carbonyl (C=O) groups is 1. The van der Waals surface area contributed by atoms with E-state index in [2.05, 4.69) is 13.5 Å². The Labute approximate surface area is 127 Å². The highest BCUT2D eigenvalue weighted by atomic mass is 16.5. The lowest BCUT2D eigenvalue weighted by Gasteiger charge is -2.30. The third-order valence-corrected chi connectivity index (χ3v) is 3.95. The molecule has 0 bridgehead atoms. The van der Waals surface area contributed by atoms with E-state index >= 15 is 0 Å².